The van der Waals surface area contributed by atoms with E-state index in [9.17, 15) is 9.59 Å². The van der Waals surface area contributed by atoms with Crippen molar-refractivity contribution < 1.29 is 18.7 Å². The molecule has 2 heterocycles. The van der Waals surface area contributed by atoms with Crippen molar-refractivity contribution in [1.82, 2.24) is 0 Å². The van der Waals surface area contributed by atoms with E-state index in [1.54, 1.807) is 0 Å². The van der Waals surface area contributed by atoms with Crippen LogP contribution in [0.25, 0.3) is 0 Å². The Balaban J connectivity index is 1.51. The van der Waals surface area contributed by atoms with Gasteiger partial charge in [-0.2, -0.15) is 0 Å². The number of ketones is 1. The Kier molecular flexibility index (Phi) is 4.12. The Hall–Kier alpha value is -1.88. The topological polar surface area (TPSA) is 82.5 Å². The number of rotatable bonds is 1. The zero-order valence-electron chi connectivity index (χ0n) is 19.5. The van der Waals surface area contributed by atoms with Crippen molar-refractivity contribution in [3.8, 4) is 0 Å². The summed E-state index contributed by atoms with van der Waals surface area (Å²) in [5, 5.41) is 0. The van der Waals surface area contributed by atoms with Crippen LogP contribution in [0.3, 0.4) is 0 Å². The molecule has 172 valence electrons. The van der Waals surface area contributed by atoms with E-state index in [0.717, 1.165) is 56.5 Å². The van der Waals surface area contributed by atoms with E-state index >= 15 is 0 Å². The van der Waals surface area contributed by atoms with Gasteiger partial charge in [0.2, 0.25) is 0 Å². The highest BCUT2D eigenvalue weighted by molar-refractivity contribution is 5.91. The van der Waals surface area contributed by atoms with E-state index in [1.807, 2.05) is 19.1 Å². The number of ether oxygens (including phenoxy) is 1. The number of carbonyl (C=O) groups excluding carboxylic acids is 2. The lowest BCUT2D eigenvalue weighted by atomic mass is 9.41. The zero-order chi connectivity index (χ0) is 22.5. The maximum Gasteiger partial charge on any atom is 0.306 e. The van der Waals surface area contributed by atoms with Gasteiger partial charge in [-0.3, -0.25) is 9.59 Å². The number of allylic oxidation sites excluding steroid dienone is 1. The second kappa shape index (κ2) is 6.37. The van der Waals surface area contributed by atoms with Crippen LogP contribution < -0.4 is 5.73 Å². The van der Waals surface area contributed by atoms with Crippen molar-refractivity contribution in [2.24, 2.45) is 28.4 Å². The van der Waals surface area contributed by atoms with Gasteiger partial charge in [0.25, 0.3) is 0 Å². The van der Waals surface area contributed by atoms with Gasteiger partial charge in [-0.15, -0.1) is 0 Å². The molecule has 5 heteroatoms. The molecule has 3 unspecified atom stereocenters. The Bertz CT molecular complexity index is 1040. The first-order valence-corrected chi connectivity index (χ1v) is 12.4. The smallest absolute Gasteiger partial charge is 0.306 e. The van der Waals surface area contributed by atoms with E-state index in [0.29, 0.717) is 18.8 Å². The van der Waals surface area contributed by atoms with Crippen molar-refractivity contribution in [3.63, 3.8) is 0 Å². The molecule has 1 saturated heterocycles. The Morgan fingerprint density at radius 2 is 1.84 bits per heavy atom. The number of carbonyl (C=O) groups is 2. The molecule has 4 aliphatic carbocycles. The summed E-state index contributed by atoms with van der Waals surface area (Å²) < 4.78 is 12.3. The fourth-order valence-corrected chi connectivity index (χ4v) is 8.89. The van der Waals surface area contributed by atoms with E-state index in [1.165, 1.54) is 5.57 Å². The highest BCUT2D eigenvalue weighted by atomic mass is 16.6. The van der Waals surface area contributed by atoms with Gasteiger partial charge in [-0.05, 0) is 87.3 Å². The number of fused-ring (bicyclic) bond motifs is 6. The minimum absolute atomic E-state index is 0.00647. The molecule has 0 bridgehead atoms. The van der Waals surface area contributed by atoms with Gasteiger partial charge in [0.05, 0.1) is 0 Å². The highest BCUT2D eigenvalue weighted by Gasteiger charge is 2.74. The summed E-state index contributed by atoms with van der Waals surface area (Å²) in [5.41, 5.74) is 7.78. The fraction of sp³-hybridized carbons (Fsp3) is 0.704. The van der Waals surface area contributed by atoms with Gasteiger partial charge in [-0.25, -0.2) is 0 Å². The predicted octanol–water partition coefficient (Wildman–Crippen LogP) is 4.97. The van der Waals surface area contributed by atoms with Crippen LogP contribution in [0.1, 0.15) is 89.1 Å². The maximum atomic E-state index is 12.4. The van der Waals surface area contributed by atoms with Crippen molar-refractivity contribution in [3.05, 3.63) is 35.3 Å². The van der Waals surface area contributed by atoms with Crippen LogP contribution in [-0.4, -0.2) is 22.9 Å². The average Bonchev–Trinajstić information content (AvgIpc) is 3.41. The summed E-state index contributed by atoms with van der Waals surface area (Å²) in [6, 6.07) is 4.15. The van der Waals surface area contributed by atoms with Gasteiger partial charge in [0.1, 0.15) is 17.1 Å². The maximum absolute atomic E-state index is 12.4. The molecule has 3 saturated carbocycles. The number of esters is 1. The van der Waals surface area contributed by atoms with Gasteiger partial charge in [0.15, 0.2) is 5.78 Å². The number of hydrogen-bond donors (Lipinski definition) is 1. The van der Waals surface area contributed by atoms with Crippen LogP contribution in [0.4, 0.5) is 0 Å². The molecule has 1 aromatic rings. The molecule has 0 aromatic carbocycles. The number of nitrogens with two attached hydrogens (primary N) is 1. The van der Waals surface area contributed by atoms with Crippen molar-refractivity contribution in [2.75, 3.05) is 0 Å². The normalized spacial score (nSPS) is 47.6. The molecule has 5 nitrogen and oxygen atoms in total. The second-order valence-electron chi connectivity index (χ2n) is 11.8. The van der Waals surface area contributed by atoms with Crippen molar-refractivity contribution in [1.29, 1.82) is 0 Å². The van der Waals surface area contributed by atoms with E-state index < -0.39 is 11.1 Å². The Morgan fingerprint density at radius 1 is 1.03 bits per heavy atom. The summed E-state index contributed by atoms with van der Waals surface area (Å²) in [6.07, 6.45) is 9.37. The SMILES string of the molecule is Cc1ccc([C@@H]2CC3=CC(=O)CC[C@]3(C)C3CCC4(C)[C@]5(CCC(=O)O5)CC[C@@]4(N)C32)o1. The molecule has 7 atom stereocenters. The van der Waals surface area contributed by atoms with Crippen LogP contribution in [0.5, 0.6) is 0 Å². The summed E-state index contributed by atoms with van der Waals surface area (Å²) in [5.74, 6) is 2.88. The van der Waals surface area contributed by atoms with Crippen LogP contribution >= 0.6 is 0 Å². The Labute approximate surface area is 190 Å². The fourth-order valence-electron chi connectivity index (χ4n) is 8.89. The highest BCUT2D eigenvalue weighted by Crippen LogP contribution is 2.72. The van der Waals surface area contributed by atoms with Crippen molar-refractivity contribution in [2.45, 2.75) is 95.6 Å². The molecule has 1 spiro atoms. The van der Waals surface area contributed by atoms with Gasteiger partial charge < -0.3 is 14.9 Å². The minimum Gasteiger partial charge on any atom is -0.466 e. The van der Waals surface area contributed by atoms with Crippen LogP contribution in [-0.2, 0) is 14.3 Å². The quantitative estimate of drug-likeness (QED) is 0.627. The molecule has 6 rings (SSSR count). The summed E-state index contributed by atoms with van der Waals surface area (Å²) in [4.78, 5) is 24.6. The third-order valence-electron chi connectivity index (χ3n) is 10.8. The lowest BCUT2D eigenvalue weighted by molar-refractivity contribution is -0.172. The van der Waals surface area contributed by atoms with E-state index in [4.69, 9.17) is 14.9 Å². The number of aryl methyl sites for hydroxylation is 1. The molecule has 2 N–H and O–H groups in total. The van der Waals surface area contributed by atoms with Gasteiger partial charge >= 0.3 is 5.97 Å². The monoisotopic (exact) mass is 437 g/mol. The van der Waals surface area contributed by atoms with Crippen molar-refractivity contribution >= 4 is 11.8 Å². The first-order chi connectivity index (χ1) is 15.1. The van der Waals surface area contributed by atoms with Crippen LogP contribution in [0.15, 0.2) is 28.2 Å². The van der Waals surface area contributed by atoms with Gasteiger partial charge in [-0.1, -0.05) is 19.4 Å². The molecule has 32 heavy (non-hydrogen) atoms. The molecule has 1 aliphatic heterocycles. The first-order valence-electron chi connectivity index (χ1n) is 12.4. The molecule has 5 aliphatic rings. The number of furan rings is 1. The molecule has 4 fully saturated rings. The Morgan fingerprint density at radius 3 is 2.53 bits per heavy atom. The lowest BCUT2D eigenvalue weighted by Gasteiger charge is -2.64. The summed E-state index contributed by atoms with van der Waals surface area (Å²) >= 11 is 0. The van der Waals surface area contributed by atoms with Crippen LogP contribution in [0, 0.1) is 29.6 Å². The minimum atomic E-state index is -0.429. The third kappa shape index (κ3) is 2.39. The molecule has 0 amide bonds. The molecular formula is C27H35NO4. The third-order valence-corrected chi connectivity index (χ3v) is 10.8. The second-order valence-corrected chi connectivity index (χ2v) is 11.8. The van der Waals surface area contributed by atoms with E-state index in [-0.39, 0.29) is 34.4 Å². The predicted molar refractivity (Wildman–Crippen MR) is 120 cm³/mol. The summed E-state index contributed by atoms with van der Waals surface area (Å²) in [6.45, 7) is 6.67. The standard InChI is InChI=1S/C27H35NO4/c1-16-4-5-21(31-16)19-15-17-14-18(29)6-9-24(17,2)20-7-10-25(3)26(11-8-22(30)32-26)12-13-27(25,28)23(19)20/h4-5,14,19-20,23H,6-13,15,28H2,1-3H3/t19-,20?,23?,24-,25?,26-,27+/m0/s1. The molecule has 0 radical (unpaired) electrons. The summed E-state index contributed by atoms with van der Waals surface area (Å²) in [7, 11) is 0. The first kappa shape index (κ1) is 20.7. The lowest BCUT2D eigenvalue weighted by Crippen LogP contribution is -2.69. The van der Waals surface area contributed by atoms with Crippen LogP contribution in [0.2, 0.25) is 0 Å². The largest absolute Gasteiger partial charge is 0.466 e. The zero-order valence-corrected chi connectivity index (χ0v) is 19.5. The number of hydrogen-bond acceptors (Lipinski definition) is 5. The molecular weight excluding hydrogens is 402 g/mol. The van der Waals surface area contributed by atoms with E-state index in [2.05, 4.69) is 19.9 Å². The van der Waals surface area contributed by atoms with Gasteiger partial charge in [0, 0.05) is 29.7 Å². The molecule has 1 aromatic heterocycles. The average molecular weight is 438 g/mol.